The number of amides is 6. The van der Waals surface area contributed by atoms with Crippen LogP contribution in [0.4, 0.5) is 0 Å². The molecule has 0 aliphatic carbocycles. The van der Waals surface area contributed by atoms with Crippen molar-refractivity contribution in [3.05, 3.63) is 0 Å². The van der Waals surface area contributed by atoms with Crippen molar-refractivity contribution in [1.29, 1.82) is 0 Å². The molecule has 24 nitrogen and oxygen atoms in total. The summed E-state index contributed by atoms with van der Waals surface area (Å²) in [7, 11) is 0. The van der Waals surface area contributed by atoms with E-state index in [9.17, 15) is 88.2 Å². The lowest BCUT2D eigenvalue weighted by atomic mass is 10.2. The normalized spacial score (nSPS) is 16.0. The number of aliphatic carboxylic acids is 6. The van der Waals surface area contributed by atoms with Crippen molar-refractivity contribution in [2.75, 3.05) is 78.5 Å². The molecule has 1 heterocycles. The average Bonchev–Trinajstić information content (AvgIpc) is 3.06. The van der Waals surface area contributed by atoms with Crippen LogP contribution in [0, 0.1) is 0 Å². The highest BCUT2D eigenvalue weighted by atomic mass is 16.4. The molecule has 1 saturated heterocycles. The third-order valence-electron chi connectivity index (χ3n) is 7.65. The molecule has 24 heteroatoms. The molecule has 0 aromatic rings. The minimum Gasteiger partial charge on any atom is -0.481 e. The predicted octanol–water partition coefficient (Wildman–Crippen LogP) is -4.18. The maximum Gasteiger partial charge on any atom is 0.305 e. The average molecular weight is 775 g/mol. The number of nitrogens with zero attached hydrogens (tertiary/aromatic N) is 6. The lowest BCUT2D eigenvalue weighted by molar-refractivity contribution is -0.152. The second kappa shape index (κ2) is 22.5. The fourth-order valence-corrected chi connectivity index (χ4v) is 4.71. The maximum absolute atomic E-state index is 13.5. The van der Waals surface area contributed by atoms with Gasteiger partial charge in [-0.2, -0.15) is 0 Å². The van der Waals surface area contributed by atoms with Gasteiger partial charge in [-0.25, -0.2) is 0 Å². The first-order chi connectivity index (χ1) is 25.2. The number of carboxylic acid groups (broad SMARTS) is 6. The lowest BCUT2D eigenvalue weighted by Crippen LogP contribution is -2.54. The third-order valence-corrected chi connectivity index (χ3v) is 7.65. The van der Waals surface area contributed by atoms with Crippen LogP contribution in [0.25, 0.3) is 0 Å². The van der Waals surface area contributed by atoms with Crippen molar-refractivity contribution < 1.29 is 88.2 Å². The first-order valence-corrected chi connectivity index (χ1v) is 16.2. The Morgan fingerprint density at radius 1 is 0.296 bits per heavy atom. The first-order valence-electron chi connectivity index (χ1n) is 16.2. The van der Waals surface area contributed by atoms with Gasteiger partial charge in [0.2, 0.25) is 35.4 Å². The molecule has 1 fully saturated rings. The highest BCUT2D eigenvalue weighted by Crippen LogP contribution is 2.09. The Morgan fingerprint density at radius 3 is 0.500 bits per heavy atom. The van der Waals surface area contributed by atoms with Gasteiger partial charge in [-0.1, -0.05) is 0 Å². The van der Waals surface area contributed by atoms with E-state index in [1.54, 1.807) is 0 Å². The summed E-state index contributed by atoms with van der Waals surface area (Å²) in [5.74, 6) is -15.3. The summed E-state index contributed by atoms with van der Waals surface area (Å²) in [6.45, 7) is -10.0. The zero-order valence-electron chi connectivity index (χ0n) is 29.0. The fraction of sp³-hybridized carbons (Fsp3) is 0.600. The molecule has 0 spiro atoms. The van der Waals surface area contributed by atoms with Crippen molar-refractivity contribution >= 4 is 71.3 Å². The fourth-order valence-electron chi connectivity index (χ4n) is 4.71. The van der Waals surface area contributed by atoms with Gasteiger partial charge in [0.25, 0.3) is 0 Å². The topological polar surface area (TPSA) is 346 Å². The van der Waals surface area contributed by atoms with Crippen LogP contribution >= 0.6 is 0 Å². The first kappa shape index (κ1) is 45.7. The van der Waals surface area contributed by atoms with Crippen LogP contribution in [0.1, 0.15) is 38.5 Å². The van der Waals surface area contributed by atoms with E-state index in [0.717, 1.165) is 0 Å². The van der Waals surface area contributed by atoms with Gasteiger partial charge >= 0.3 is 35.8 Å². The van der Waals surface area contributed by atoms with Gasteiger partial charge in [0.05, 0.1) is 77.8 Å². The molecule has 300 valence electrons. The van der Waals surface area contributed by atoms with E-state index in [1.807, 2.05) is 0 Å². The third kappa shape index (κ3) is 17.7. The summed E-state index contributed by atoms with van der Waals surface area (Å²) in [5, 5.41) is 55.5. The second-order valence-electron chi connectivity index (χ2n) is 11.8. The van der Waals surface area contributed by atoms with Crippen LogP contribution in [0.2, 0.25) is 0 Å². The smallest absolute Gasteiger partial charge is 0.305 e. The lowest BCUT2D eigenvalue weighted by Gasteiger charge is -2.33. The second-order valence-corrected chi connectivity index (χ2v) is 11.8. The molecule has 6 N–H and O–H groups in total. The summed E-state index contributed by atoms with van der Waals surface area (Å²) in [5.41, 5.74) is 0. The molecule has 6 amide bonds. The van der Waals surface area contributed by atoms with Crippen LogP contribution in [0.15, 0.2) is 0 Å². The number of hydrogen-bond donors (Lipinski definition) is 6. The SMILES string of the molecule is O=C(O)CCN1CC(=O)N(CCC(=O)O)CC(=O)N(CCC(=O)O)CC(=O)N(CCC(=O)O)CC(=O)N(CCC(=O)O)CC(=O)N(CCC(=O)O)CC1=O. The van der Waals surface area contributed by atoms with Crippen molar-refractivity contribution in [2.24, 2.45) is 0 Å². The Bertz CT molecular complexity index is 1200. The van der Waals surface area contributed by atoms with Crippen molar-refractivity contribution in [3.63, 3.8) is 0 Å². The van der Waals surface area contributed by atoms with Gasteiger partial charge in [0.1, 0.15) is 0 Å². The summed E-state index contributed by atoms with van der Waals surface area (Å²) in [6, 6.07) is 0. The highest BCUT2D eigenvalue weighted by Gasteiger charge is 2.32. The minimum absolute atomic E-state index is 0.651. The molecule has 0 bridgehead atoms. The molecule has 1 rings (SSSR count). The number of carbonyl (C=O) groups is 12. The van der Waals surface area contributed by atoms with Crippen molar-refractivity contribution in [1.82, 2.24) is 29.4 Å². The van der Waals surface area contributed by atoms with Crippen LogP contribution in [-0.4, -0.2) is 210 Å². The Labute approximate surface area is 306 Å². The molecule has 0 aromatic heterocycles. The van der Waals surface area contributed by atoms with Crippen LogP contribution in [0.3, 0.4) is 0 Å². The standard InChI is InChI=1S/C30H42N6O18/c37-19-14-32(8-2-26(45)46)21(39)16-34(10-4-28(49)50)23(41)18-36(12-6-30(53)54)24(42)17-35(11-5-29(51)52)22(40)15-33(9-3-27(47)48)20(38)13-31(19)7-1-25(43)44/h1-18H2,(H,43,44)(H,45,46)(H,47,48)(H,49,50)(H,51,52)(H,53,54). The monoisotopic (exact) mass is 774 g/mol. The van der Waals surface area contributed by atoms with Crippen LogP contribution < -0.4 is 0 Å². The van der Waals surface area contributed by atoms with Crippen LogP contribution in [-0.2, 0) is 57.5 Å². The summed E-state index contributed by atoms with van der Waals surface area (Å²) in [6.07, 6.45) is -4.52. The molecule has 0 saturated carbocycles. The van der Waals surface area contributed by atoms with Gasteiger partial charge in [-0.15, -0.1) is 0 Å². The Balaban J connectivity index is 3.88. The Morgan fingerprint density at radius 2 is 0.407 bits per heavy atom. The molecule has 1 aliphatic heterocycles. The predicted molar refractivity (Wildman–Crippen MR) is 173 cm³/mol. The van der Waals surface area contributed by atoms with Gasteiger partial charge in [0, 0.05) is 39.3 Å². The van der Waals surface area contributed by atoms with E-state index < -0.39 is 188 Å². The Kier molecular flexibility index (Phi) is 19.1. The van der Waals surface area contributed by atoms with E-state index in [2.05, 4.69) is 0 Å². The molecule has 0 radical (unpaired) electrons. The number of hydrogen-bond acceptors (Lipinski definition) is 12. The number of carboxylic acids is 6. The van der Waals surface area contributed by atoms with E-state index in [4.69, 9.17) is 0 Å². The summed E-state index contributed by atoms with van der Waals surface area (Å²) < 4.78 is 0. The van der Waals surface area contributed by atoms with Gasteiger partial charge in [0.15, 0.2) is 0 Å². The molecular weight excluding hydrogens is 732 g/mol. The zero-order chi connectivity index (χ0) is 41.1. The van der Waals surface area contributed by atoms with E-state index in [0.29, 0.717) is 29.4 Å². The van der Waals surface area contributed by atoms with Gasteiger partial charge < -0.3 is 60.0 Å². The molecule has 0 aromatic carbocycles. The van der Waals surface area contributed by atoms with Crippen molar-refractivity contribution in [2.45, 2.75) is 38.5 Å². The zero-order valence-corrected chi connectivity index (χ0v) is 29.0. The molecule has 0 atom stereocenters. The largest absolute Gasteiger partial charge is 0.481 e. The van der Waals surface area contributed by atoms with Crippen molar-refractivity contribution in [3.8, 4) is 0 Å². The highest BCUT2D eigenvalue weighted by molar-refractivity contribution is 5.94. The van der Waals surface area contributed by atoms with E-state index in [1.165, 1.54) is 0 Å². The van der Waals surface area contributed by atoms with Gasteiger partial charge in [-0.05, 0) is 0 Å². The molecular formula is C30H42N6O18. The van der Waals surface area contributed by atoms with E-state index in [-0.39, 0.29) is 0 Å². The van der Waals surface area contributed by atoms with Crippen LogP contribution in [0.5, 0.6) is 0 Å². The summed E-state index contributed by atoms with van der Waals surface area (Å²) in [4.78, 5) is 153. The van der Waals surface area contributed by atoms with Gasteiger partial charge in [-0.3, -0.25) is 57.5 Å². The molecule has 1 aliphatic rings. The van der Waals surface area contributed by atoms with E-state index >= 15 is 0 Å². The molecule has 0 unspecified atom stereocenters. The summed E-state index contributed by atoms with van der Waals surface area (Å²) >= 11 is 0. The number of carbonyl (C=O) groups excluding carboxylic acids is 6. The molecule has 54 heavy (non-hydrogen) atoms. The minimum atomic E-state index is -1.44. The number of rotatable bonds is 18. The quantitative estimate of drug-likeness (QED) is 0.0769. The Hall–Kier alpha value is -6.36. The maximum atomic E-state index is 13.5.